The van der Waals surface area contributed by atoms with Gasteiger partial charge in [-0.3, -0.25) is 4.79 Å². The zero-order valence-corrected chi connectivity index (χ0v) is 14.8. The molecule has 0 saturated carbocycles. The van der Waals surface area contributed by atoms with E-state index in [9.17, 15) is 4.79 Å². The predicted molar refractivity (Wildman–Crippen MR) is 96.3 cm³/mol. The highest BCUT2D eigenvalue weighted by atomic mass is 35.5. The molecule has 5 heteroatoms. The monoisotopic (exact) mass is 344 g/mol. The van der Waals surface area contributed by atoms with Crippen LogP contribution < -0.4 is 4.80 Å². The molecule has 0 saturated heterocycles. The van der Waals surface area contributed by atoms with E-state index in [4.69, 9.17) is 11.6 Å². The van der Waals surface area contributed by atoms with Crippen molar-refractivity contribution in [1.82, 2.24) is 4.57 Å². The minimum Gasteiger partial charge on any atom is -0.317 e. The fourth-order valence-electron chi connectivity index (χ4n) is 2.46. The van der Waals surface area contributed by atoms with E-state index in [0.717, 1.165) is 22.3 Å². The van der Waals surface area contributed by atoms with Crippen molar-refractivity contribution in [3.05, 3.63) is 62.9 Å². The number of benzene rings is 2. The number of fused-ring (bicyclic) bond motifs is 1. The molecular formula is C18H17ClN2OS. The molecule has 3 rings (SSSR count). The van der Waals surface area contributed by atoms with Gasteiger partial charge >= 0.3 is 0 Å². The van der Waals surface area contributed by atoms with E-state index in [1.54, 1.807) is 0 Å². The van der Waals surface area contributed by atoms with Gasteiger partial charge in [-0.25, -0.2) is 0 Å². The standard InChI is InChI=1S/C18H17ClN2OS/c1-4-21-15-8-7-14(19)10-16(15)23-18(21)20-17(22)13-6-5-11(2)12(3)9-13/h5-10H,4H2,1-3H3. The number of hydrogen-bond acceptors (Lipinski definition) is 2. The summed E-state index contributed by atoms with van der Waals surface area (Å²) in [5, 5.41) is 0.689. The van der Waals surface area contributed by atoms with Gasteiger partial charge in [0.05, 0.1) is 10.2 Å². The lowest BCUT2D eigenvalue weighted by molar-refractivity contribution is 0.0998. The maximum absolute atomic E-state index is 12.5. The Morgan fingerprint density at radius 1 is 1.17 bits per heavy atom. The molecule has 0 N–H and O–H groups in total. The summed E-state index contributed by atoms with van der Waals surface area (Å²) in [5.74, 6) is -0.215. The maximum Gasteiger partial charge on any atom is 0.279 e. The maximum atomic E-state index is 12.5. The zero-order chi connectivity index (χ0) is 16.6. The quantitative estimate of drug-likeness (QED) is 0.661. The molecule has 0 spiro atoms. The largest absolute Gasteiger partial charge is 0.317 e. The number of carbonyl (C=O) groups is 1. The summed E-state index contributed by atoms with van der Waals surface area (Å²) in [6.45, 7) is 6.82. The van der Waals surface area contributed by atoms with Crippen LogP contribution in [0.2, 0.25) is 5.02 Å². The molecule has 2 aromatic carbocycles. The molecule has 0 bridgehead atoms. The van der Waals surface area contributed by atoms with Crippen molar-refractivity contribution in [2.24, 2.45) is 4.99 Å². The Hall–Kier alpha value is -1.91. The molecule has 0 atom stereocenters. The van der Waals surface area contributed by atoms with Crippen LogP contribution in [0.15, 0.2) is 41.4 Å². The van der Waals surface area contributed by atoms with E-state index in [-0.39, 0.29) is 5.91 Å². The van der Waals surface area contributed by atoms with Gasteiger partial charge in [0, 0.05) is 17.1 Å². The summed E-state index contributed by atoms with van der Waals surface area (Å²) in [5.41, 5.74) is 3.93. The molecule has 0 unspecified atom stereocenters. The molecule has 0 aliphatic rings. The van der Waals surface area contributed by atoms with E-state index in [2.05, 4.69) is 4.99 Å². The van der Waals surface area contributed by atoms with Gasteiger partial charge in [-0.05, 0) is 62.2 Å². The van der Waals surface area contributed by atoms with Crippen molar-refractivity contribution >= 4 is 39.1 Å². The van der Waals surface area contributed by atoms with Gasteiger partial charge in [-0.15, -0.1) is 0 Å². The molecule has 0 aliphatic carbocycles. The summed E-state index contributed by atoms with van der Waals surface area (Å²) in [6, 6.07) is 11.4. The van der Waals surface area contributed by atoms with Crippen molar-refractivity contribution in [3.63, 3.8) is 0 Å². The van der Waals surface area contributed by atoms with Crippen LogP contribution in [0.25, 0.3) is 10.2 Å². The third kappa shape index (κ3) is 3.09. The normalized spacial score (nSPS) is 12.1. The number of carbonyl (C=O) groups excluding carboxylic acids is 1. The first-order chi connectivity index (χ1) is 11.0. The van der Waals surface area contributed by atoms with Crippen LogP contribution >= 0.6 is 22.9 Å². The van der Waals surface area contributed by atoms with Crippen LogP contribution in [-0.2, 0) is 6.54 Å². The second-order valence-corrected chi connectivity index (χ2v) is 6.90. The van der Waals surface area contributed by atoms with Crippen LogP contribution in [0.5, 0.6) is 0 Å². The molecule has 0 radical (unpaired) electrons. The first kappa shape index (κ1) is 16.0. The van der Waals surface area contributed by atoms with E-state index >= 15 is 0 Å². The number of aromatic nitrogens is 1. The summed E-state index contributed by atoms with van der Waals surface area (Å²) < 4.78 is 3.07. The second kappa shape index (κ2) is 6.30. The smallest absolute Gasteiger partial charge is 0.279 e. The topological polar surface area (TPSA) is 34.4 Å². The summed E-state index contributed by atoms with van der Waals surface area (Å²) in [6.07, 6.45) is 0. The summed E-state index contributed by atoms with van der Waals surface area (Å²) in [7, 11) is 0. The number of aryl methyl sites for hydroxylation is 3. The van der Waals surface area contributed by atoms with Gasteiger partial charge in [0.15, 0.2) is 4.80 Å². The minimum atomic E-state index is -0.215. The Labute approximate surface area is 143 Å². The molecule has 0 aliphatic heterocycles. The third-order valence-corrected chi connectivity index (χ3v) is 5.19. The summed E-state index contributed by atoms with van der Waals surface area (Å²) >= 11 is 7.54. The van der Waals surface area contributed by atoms with Crippen molar-refractivity contribution in [3.8, 4) is 0 Å². The molecule has 118 valence electrons. The highest BCUT2D eigenvalue weighted by molar-refractivity contribution is 7.16. The van der Waals surface area contributed by atoms with E-state index in [0.29, 0.717) is 15.4 Å². The first-order valence-corrected chi connectivity index (χ1v) is 8.64. The Kier molecular flexibility index (Phi) is 4.37. The third-order valence-electron chi connectivity index (χ3n) is 3.91. The second-order valence-electron chi connectivity index (χ2n) is 5.46. The number of hydrogen-bond donors (Lipinski definition) is 0. The highest BCUT2D eigenvalue weighted by Crippen LogP contribution is 2.22. The van der Waals surface area contributed by atoms with Crippen molar-refractivity contribution in [2.45, 2.75) is 27.3 Å². The Morgan fingerprint density at radius 2 is 1.96 bits per heavy atom. The molecule has 1 heterocycles. The molecule has 1 aromatic heterocycles. The van der Waals surface area contributed by atoms with Gasteiger partial charge in [-0.2, -0.15) is 4.99 Å². The lowest BCUT2D eigenvalue weighted by Crippen LogP contribution is -2.15. The van der Waals surface area contributed by atoms with Gasteiger partial charge in [-0.1, -0.05) is 29.0 Å². The van der Waals surface area contributed by atoms with E-state index < -0.39 is 0 Å². The Morgan fingerprint density at radius 3 is 2.65 bits per heavy atom. The van der Waals surface area contributed by atoms with Crippen molar-refractivity contribution in [2.75, 3.05) is 0 Å². The SMILES string of the molecule is CCn1c(=NC(=O)c2ccc(C)c(C)c2)sc2cc(Cl)ccc21. The molecule has 3 nitrogen and oxygen atoms in total. The van der Waals surface area contributed by atoms with Crippen LogP contribution in [0, 0.1) is 13.8 Å². The zero-order valence-electron chi connectivity index (χ0n) is 13.3. The number of amides is 1. The van der Waals surface area contributed by atoms with Crippen LogP contribution in [-0.4, -0.2) is 10.5 Å². The van der Waals surface area contributed by atoms with Gasteiger partial charge in [0.1, 0.15) is 0 Å². The number of nitrogens with zero attached hydrogens (tertiary/aromatic N) is 2. The first-order valence-electron chi connectivity index (χ1n) is 7.45. The van der Waals surface area contributed by atoms with E-state index in [1.165, 1.54) is 16.9 Å². The Balaban J connectivity index is 2.12. The van der Waals surface area contributed by atoms with Gasteiger partial charge < -0.3 is 4.57 Å². The lowest BCUT2D eigenvalue weighted by Gasteiger charge is -2.02. The average molecular weight is 345 g/mol. The van der Waals surface area contributed by atoms with Crippen molar-refractivity contribution in [1.29, 1.82) is 0 Å². The fourth-order valence-corrected chi connectivity index (χ4v) is 3.83. The lowest BCUT2D eigenvalue weighted by atomic mass is 10.1. The van der Waals surface area contributed by atoms with Crippen molar-refractivity contribution < 1.29 is 4.79 Å². The molecule has 23 heavy (non-hydrogen) atoms. The van der Waals surface area contributed by atoms with E-state index in [1.807, 2.05) is 61.7 Å². The van der Waals surface area contributed by atoms with Crippen LogP contribution in [0.4, 0.5) is 0 Å². The molecular weight excluding hydrogens is 328 g/mol. The molecule has 1 amide bonds. The molecule has 0 fully saturated rings. The summed E-state index contributed by atoms with van der Waals surface area (Å²) in [4.78, 5) is 17.5. The average Bonchev–Trinajstić information content (AvgIpc) is 2.85. The number of rotatable bonds is 2. The van der Waals surface area contributed by atoms with Gasteiger partial charge in [0.25, 0.3) is 5.91 Å². The highest BCUT2D eigenvalue weighted by Gasteiger charge is 2.09. The predicted octanol–water partition coefficient (Wildman–Crippen LogP) is 4.73. The van der Waals surface area contributed by atoms with Gasteiger partial charge in [0.2, 0.25) is 0 Å². The Bertz CT molecular complexity index is 969. The minimum absolute atomic E-state index is 0.215. The fraction of sp³-hybridized carbons (Fsp3) is 0.222. The number of thiazole rings is 1. The van der Waals surface area contributed by atoms with Crippen LogP contribution in [0.1, 0.15) is 28.4 Å². The molecule has 3 aromatic rings. The number of halogens is 1. The van der Waals surface area contributed by atoms with Crippen LogP contribution in [0.3, 0.4) is 0 Å².